The fourth-order valence-corrected chi connectivity index (χ4v) is 2.92. The maximum atomic E-state index is 12.3. The fourth-order valence-electron chi connectivity index (χ4n) is 1.76. The van der Waals surface area contributed by atoms with Crippen LogP contribution in [0.3, 0.4) is 0 Å². The van der Waals surface area contributed by atoms with Crippen molar-refractivity contribution in [3.05, 3.63) is 58.1 Å². The summed E-state index contributed by atoms with van der Waals surface area (Å²) in [7, 11) is -3.85. The van der Waals surface area contributed by atoms with Gasteiger partial charge in [-0.05, 0) is 30.7 Å². The topological polar surface area (TPSA) is 115 Å². The van der Waals surface area contributed by atoms with Crippen molar-refractivity contribution in [2.45, 2.75) is 11.8 Å². The molecule has 2 rings (SSSR count). The van der Waals surface area contributed by atoms with E-state index in [9.17, 15) is 18.5 Å². The predicted octanol–water partition coefficient (Wildman–Crippen LogP) is 2.29. The lowest BCUT2D eigenvalue weighted by atomic mass is 10.2. The van der Waals surface area contributed by atoms with Crippen molar-refractivity contribution in [2.24, 2.45) is 0 Å². The summed E-state index contributed by atoms with van der Waals surface area (Å²) in [5.74, 6) is 0. The number of anilines is 2. The summed E-state index contributed by atoms with van der Waals surface area (Å²) in [5.41, 5.74) is 6.18. The van der Waals surface area contributed by atoms with E-state index in [1.165, 1.54) is 0 Å². The molecule has 0 fully saturated rings. The molecule has 0 aromatic heterocycles. The number of hydrogen-bond donors (Lipinski definition) is 2. The lowest BCUT2D eigenvalue weighted by Gasteiger charge is -2.10. The molecule has 8 heteroatoms. The predicted molar refractivity (Wildman–Crippen MR) is 79.5 cm³/mol. The van der Waals surface area contributed by atoms with Gasteiger partial charge in [-0.3, -0.25) is 14.8 Å². The van der Waals surface area contributed by atoms with Crippen molar-refractivity contribution in [1.82, 2.24) is 0 Å². The summed E-state index contributed by atoms with van der Waals surface area (Å²) in [6.45, 7) is 1.77. The summed E-state index contributed by atoms with van der Waals surface area (Å²) in [6.07, 6.45) is 0. The Balaban J connectivity index is 2.39. The summed E-state index contributed by atoms with van der Waals surface area (Å²) < 4.78 is 26.9. The number of nitro groups is 1. The van der Waals surface area contributed by atoms with Gasteiger partial charge >= 0.3 is 0 Å². The van der Waals surface area contributed by atoms with E-state index in [2.05, 4.69) is 4.72 Å². The average molecular weight is 307 g/mol. The van der Waals surface area contributed by atoms with Crippen LogP contribution in [-0.4, -0.2) is 13.3 Å². The number of aryl methyl sites for hydroxylation is 1. The van der Waals surface area contributed by atoms with Crippen LogP contribution in [0.5, 0.6) is 0 Å². The van der Waals surface area contributed by atoms with Gasteiger partial charge in [-0.15, -0.1) is 0 Å². The summed E-state index contributed by atoms with van der Waals surface area (Å²) in [5, 5.41) is 10.7. The number of para-hydroxylation sites is 1. The molecular weight excluding hydrogens is 294 g/mol. The third-order valence-corrected chi connectivity index (χ3v) is 4.26. The van der Waals surface area contributed by atoms with Crippen LogP contribution in [0.4, 0.5) is 17.1 Å². The number of nitro benzene ring substituents is 1. The molecule has 0 aliphatic carbocycles. The molecule has 0 saturated heterocycles. The standard InChI is InChI=1S/C13H13N3O4S/c1-9-4-2-3-5-12(9)15-21(19,20)10-6-7-13(16(17)18)11(14)8-10/h2-8,15H,14H2,1H3. The third kappa shape index (κ3) is 3.11. The van der Waals surface area contributed by atoms with Crippen molar-refractivity contribution < 1.29 is 13.3 Å². The number of nitrogen functional groups attached to an aromatic ring is 1. The first-order valence-corrected chi connectivity index (χ1v) is 7.42. The Morgan fingerprint density at radius 3 is 2.43 bits per heavy atom. The van der Waals surface area contributed by atoms with Crippen LogP contribution in [0.1, 0.15) is 5.56 Å². The van der Waals surface area contributed by atoms with E-state index in [1.807, 2.05) is 0 Å². The average Bonchev–Trinajstić information content (AvgIpc) is 2.40. The van der Waals surface area contributed by atoms with Crippen molar-refractivity contribution >= 4 is 27.1 Å². The third-order valence-electron chi connectivity index (χ3n) is 2.90. The van der Waals surface area contributed by atoms with E-state index in [-0.39, 0.29) is 16.3 Å². The van der Waals surface area contributed by atoms with Crippen molar-refractivity contribution in [2.75, 3.05) is 10.5 Å². The molecule has 21 heavy (non-hydrogen) atoms. The number of hydrogen-bond acceptors (Lipinski definition) is 5. The molecule has 110 valence electrons. The minimum absolute atomic E-state index is 0.131. The molecule has 0 heterocycles. The van der Waals surface area contributed by atoms with E-state index in [1.54, 1.807) is 31.2 Å². The Hall–Kier alpha value is -2.61. The number of rotatable bonds is 4. The molecule has 2 aromatic carbocycles. The van der Waals surface area contributed by atoms with Gasteiger partial charge in [-0.2, -0.15) is 0 Å². The maximum absolute atomic E-state index is 12.3. The van der Waals surface area contributed by atoms with Crippen LogP contribution >= 0.6 is 0 Å². The maximum Gasteiger partial charge on any atom is 0.292 e. The van der Waals surface area contributed by atoms with Gasteiger partial charge in [-0.1, -0.05) is 18.2 Å². The molecular formula is C13H13N3O4S. The molecule has 2 aromatic rings. The van der Waals surface area contributed by atoms with Crippen LogP contribution in [0, 0.1) is 17.0 Å². The van der Waals surface area contributed by atoms with Gasteiger partial charge in [-0.25, -0.2) is 8.42 Å². The first kappa shape index (κ1) is 14.8. The quantitative estimate of drug-likeness (QED) is 0.511. The molecule has 0 aliphatic rings. The Kier molecular flexibility index (Phi) is 3.81. The van der Waals surface area contributed by atoms with Crippen LogP contribution < -0.4 is 10.5 Å². The molecule has 0 bridgehead atoms. The SMILES string of the molecule is Cc1ccccc1NS(=O)(=O)c1ccc([N+](=O)[O-])c(N)c1. The number of nitrogens with two attached hydrogens (primary N) is 1. The van der Waals surface area contributed by atoms with E-state index in [0.29, 0.717) is 5.69 Å². The minimum Gasteiger partial charge on any atom is -0.393 e. The molecule has 0 unspecified atom stereocenters. The van der Waals surface area contributed by atoms with Gasteiger partial charge in [0, 0.05) is 6.07 Å². The van der Waals surface area contributed by atoms with Gasteiger partial charge < -0.3 is 5.73 Å². The zero-order valence-electron chi connectivity index (χ0n) is 11.1. The van der Waals surface area contributed by atoms with Gasteiger partial charge in [0.15, 0.2) is 0 Å². The van der Waals surface area contributed by atoms with Crippen molar-refractivity contribution in [3.8, 4) is 0 Å². The summed E-state index contributed by atoms with van der Waals surface area (Å²) in [6, 6.07) is 10.2. The van der Waals surface area contributed by atoms with Crippen LogP contribution in [0.15, 0.2) is 47.4 Å². The van der Waals surface area contributed by atoms with Crippen LogP contribution in [0.2, 0.25) is 0 Å². The summed E-state index contributed by atoms with van der Waals surface area (Å²) in [4.78, 5) is 9.88. The van der Waals surface area contributed by atoms with Crippen molar-refractivity contribution in [1.29, 1.82) is 0 Å². The Bertz CT molecular complexity index is 803. The van der Waals surface area contributed by atoms with Crippen molar-refractivity contribution in [3.63, 3.8) is 0 Å². The molecule has 0 spiro atoms. The van der Waals surface area contributed by atoms with Gasteiger partial charge in [0.2, 0.25) is 0 Å². The second kappa shape index (κ2) is 5.41. The molecule has 0 aliphatic heterocycles. The van der Waals surface area contributed by atoms with E-state index in [0.717, 1.165) is 23.8 Å². The number of nitrogens with zero attached hydrogens (tertiary/aromatic N) is 1. The lowest BCUT2D eigenvalue weighted by molar-refractivity contribution is -0.383. The van der Waals surface area contributed by atoms with E-state index < -0.39 is 14.9 Å². The fraction of sp³-hybridized carbons (Fsp3) is 0.0769. The highest BCUT2D eigenvalue weighted by molar-refractivity contribution is 7.92. The molecule has 7 nitrogen and oxygen atoms in total. The highest BCUT2D eigenvalue weighted by Gasteiger charge is 2.19. The second-order valence-corrected chi connectivity index (χ2v) is 6.08. The first-order chi connectivity index (χ1) is 9.81. The Morgan fingerprint density at radius 1 is 1.19 bits per heavy atom. The molecule has 0 saturated carbocycles. The number of nitrogens with one attached hydrogen (secondary N) is 1. The van der Waals surface area contributed by atoms with Gasteiger partial charge in [0.25, 0.3) is 15.7 Å². The lowest BCUT2D eigenvalue weighted by Crippen LogP contribution is -2.14. The second-order valence-electron chi connectivity index (χ2n) is 4.40. The zero-order valence-corrected chi connectivity index (χ0v) is 11.9. The largest absolute Gasteiger partial charge is 0.393 e. The van der Waals surface area contributed by atoms with E-state index >= 15 is 0 Å². The van der Waals surface area contributed by atoms with Gasteiger partial charge in [0.05, 0.1) is 15.5 Å². The van der Waals surface area contributed by atoms with Gasteiger partial charge in [0.1, 0.15) is 5.69 Å². The number of benzene rings is 2. The first-order valence-electron chi connectivity index (χ1n) is 5.93. The highest BCUT2D eigenvalue weighted by atomic mass is 32.2. The number of sulfonamides is 1. The van der Waals surface area contributed by atoms with Crippen LogP contribution in [-0.2, 0) is 10.0 Å². The summed E-state index contributed by atoms with van der Waals surface area (Å²) >= 11 is 0. The molecule has 0 amide bonds. The molecule has 0 atom stereocenters. The van der Waals surface area contributed by atoms with Crippen LogP contribution in [0.25, 0.3) is 0 Å². The Labute approximate surface area is 121 Å². The van der Waals surface area contributed by atoms with E-state index in [4.69, 9.17) is 5.73 Å². The Morgan fingerprint density at radius 2 is 1.86 bits per heavy atom. The zero-order chi connectivity index (χ0) is 15.6. The smallest absolute Gasteiger partial charge is 0.292 e. The monoisotopic (exact) mass is 307 g/mol. The highest BCUT2D eigenvalue weighted by Crippen LogP contribution is 2.26. The molecule has 0 radical (unpaired) electrons. The molecule has 3 N–H and O–H groups in total. The normalized spacial score (nSPS) is 11.1. The minimum atomic E-state index is -3.85.